The summed E-state index contributed by atoms with van der Waals surface area (Å²) in [6.07, 6.45) is 11.5. The van der Waals surface area contributed by atoms with Gasteiger partial charge in [-0.1, -0.05) is 37.8 Å². The fourth-order valence-corrected chi connectivity index (χ4v) is 5.10. The van der Waals surface area contributed by atoms with E-state index in [0.717, 1.165) is 75.5 Å². The Labute approximate surface area is 282 Å². The highest BCUT2D eigenvalue weighted by Gasteiger charge is 2.21. The molecular formula is C37H58O10. The summed E-state index contributed by atoms with van der Waals surface area (Å²) >= 11 is 0. The molecule has 0 saturated carbocycles. The fraction of sp³-hybridized carbons (Fsp3) is 0.703. The Morgan fingerprint density at radius 1 is 0.787 bits per heavy atom. The van der Waals surface area contributed by atoms with Gasteiger partial charge >= 0.3 is 5.97 Å². The molecule has 0 amide bonds. The fourth-order valence-electron chi connectivity index (χ4n) is 5.10. The molecule has 10 heteroatoms. The van der Waals surface area contributed by atoms with Crippen LogP contribution < -0.4 is 4.74 Å². The Hall–Kier alpha value is -2.49. The van der Waals surface area contributed by atoms with Crippen molar-refractivity contribution in [1.82, 2.24) is 0 Å². The molecule has 0 fully saturated rings. The first-order chi connectivity index (χ1) is 22.9. The Kier molecular flexibility index (Phi) is 22.9. The maximum atomic E-state index is 11.6. The molecule has 0 radical (unpaired) electrons. The number of unbranched alkanes of at least 4 members (excludes halogenated alkanes) is 4. The maximum Gasteiger partial charge on any atom is 0.334 e. The van der Waals surface area contributed by atoms with Gasteiger partial charge in [-0.05, 0) is 69.2 Å². The molecule has 47 heavy (non-hydrogen) atoms. The molecule has 4 atom stereocenters. The smallest absolute Gasteiger partial charge is 0.334 e. The summed E-state index contributed by atoms with van der Waals surface area (Å²) in [7, 11) is 4.86. The Morgan fingerprint density at radius 3 is 2.09 bits per heavy atom. The number of rotatable bonds is 28. The highest BCUT2D eigenvalue weighted by atomic mass is 16.7. The van der Waals surface area contributed by atoms with Crippen molar-refractivity contribution in [3.8, 4) is 17.6 Å². The number of carbonyl (C=O) groups is 1. The second kappa shape index (κ2) is 26.5. The average molecular weight is 663 g/mol. The number of esters is 1. The van der Waals surface area contributed by atoms with Gasteiger partial charge in [0.05, 0.1) is 51.8 Å². The van der Waals surface area contributed by atoms with E-state index in [2.05, 4.69) is 24.0 Å². The number of aliphatic hydroxyl groups is 1. The minimum absolute atomic E-state index is 0.0611. The number of hydrogen-bond acceptors (Lipinski definition) is 10. The first-order valence-corrected chi connectivity index (χ1v) is 17.0. The van der Waals surface area contributed by atoms with Gasteiger partial charge in [0.25, 0.3) is 0 Å². The third-order valence-corrected chi connectivity index (χ3v) is 7.74. The molecule has 1 aliphatic rings. The number of aryl methyl sites for hydroxylation is 1. The third kappa shape index (κ3) is 19.8. The minimum atomic E-state index is -0.437. The van der Waals surface area contributed by atoms with Crippen LogP contribution in [0.5, 0.6) is 5.75 Å². The zero-order chi connectivity index (χ0) is 34.0. The molecule has 0 saturated heterocycles. The van der Waals surface area contributed by atoms with Gasteiger partial charge in [0.1, 0.15) is 25.4 Å². The summed E-state index contributed by atoms with van der Waals surface area (Å²) in [4.78, 5) is 11.6. The summed E-state index contributed by atoms with van der Waals surface area (Å²) < 4.78 is 43.7. The lowest BCUT2D eigenvalue weighted by molar-refractivity contribution is -0.139. The second-order valence-corrected chi connectivity index (χ2v) is 11.8. The summed E-state index contributed by atoms with van der Waals surface area (Å²) in [5.41, 5.74) is 2.07. The summed E-state index contributed by atoms with van der Waals surface area (Å²) in [6, 6.07) is 8.12. The minimum Gasteiger partial charge on any atom is -0.497 e. The zero-order valence-electron chi connectivity index (χ0n) is 29.0. The van der Waals surface area contributed by atoms with Crippen molar-refractivity contribution in [2.45, 2.75) is 108 Å². The monoisotopic (exact) mass is 662 g/mol. The molecule has 10 nitrogen and oxygen atoms in total. The number of hydrogen-bond donors (Lipinski definition) is 1. The van der Waals surface area contributed by atoms with Gasteiger partial charge in [0.15, 0.2) is 0 Å². The largest absolute Gasteiger partial charge is 0.497 e. The molecule has 1 unspecified atom stereocenters. The predicted octanol–water partition coefficient (Wildman–Crippen LogP) is 5.78. The van der Waals surface area contributed by atoms with E-state index < -0.39 is 6.10 Å². The lowest BCUT2D eigenvalue weighted by Gasteiger charge is -2.18. The van der Waals surface area contributed by atoms with E-state index in [1.165, 1.54) is 5.56 Å². The quantitative estimate of drug-likeness (QED) is 0.0514. The van der Waals surface area contributed by atoms with Gasteiger partial charge in [-0.2, -0.15) is 0 Å². The van der Waals surface area contributed by atoms with E-state index in [-0.39, 0.29) is 37.9 Å². The van der Waals surface area contributed by atoms with Crippen molar-refractivity contribution in [2.75, 3.05) is 61.3 Å². The molecule has 1 N–H and O–H groups in total. The number of benzene rings is 1. The Balaban J connectivity index is 1.54. The Bertz CT molecular complexity index is 1030. The Morgan fingerprint density at radius 2 is 1.43 bits per heavy atom. The van der Waals surface area contributed by atoms with Gasteiger partial charge in [-0.3, -0.25) is 0 Å². The maximum absolute atomic E-state index is 11.6. The number of cyclic esters (lactones) is 1. The van der Waals surface area contributed by atoms with Crippen LogP contribution in [0.25, 0.3) is 0 Å². The van der Waals surface area contributed by atoms with Crippen molar-refractivity contribution in [2.24, 2.45) is 0 Å². The lowest BCUT2D eigenvalue weighted by Crippen LogP contribution is -2.24. The number of carbonyl (C=O) groups excluding carboxylic acids is 1. The van der Waals surface area contributed by atoms with E-state index in [0.29, 0.717) is 39.3 Å². The lowest BCUT2D eigenvalue weighted by atomic mass is 10.0. The van der Waals surface area contributed by atoms with Crippen molar-refractivity contribution in [3.63, 3.8) is 0 Å². The molecule has 1 heterocycles. The van der Waals surface area contributed by atoms with Gasteiger partial charge in [0, 0.05) is 32.6 Å². The van der Waals surface area contributed by atoms with E-state index in [1.54, 1.807) is 21.3 Å². The van der Waals surface area contributed by atoms with Crippen LogP contribution in [0.2, 0.25) is 0 Å². The van der Waals surface area contributed by atoms with Crippen LogP contribution >= 0.6 is 0 Å². The van der Waals surface area contributed by atoms with Crippen LogP contribution in [0.4, 0.5) is 0 Å². The summed E-state index contributed by atoms with van der Waals surface area (Å²) in [5, 5.41) is 10.3. The van der Waals surface area contributed by atoms with Crippen molar-refractivity contribution < 1.29 is 47.8 Å². The number of methoxy groups -OCH3 is 3. The molecule has 0 bridgehead atoms. The van der Waals surface area contributed by atoms with Gasteiger partial charge in [-0.15, -0.1) is 11.8 Å². The van der Waals surface area contributed by atoms with E-state index in [9.17, 15) is 9.90 Å². The molecule has 2 rings (SSSR count). The van der Waals surface area contributed by atoms with Crippen LogP contribution in [0, 0.1) is 11.8 Å². The molecule has 0 aliphatic carbocycles. The summed E-state index contributed by atoms with van der Waals surface area (Å²) in [5.74, 6) is 6.89. The highest BCUT2D eigenvalue weighted by molar-refractivity contribution is 5.90. The van der Waals surface area contributed by atoms with Crippen molar-refractivity contribution in [1.29, 1.82) is 0 Å². The molecule has 1 aromatic carbocycles. The third-order valence-electron chi connectivity index (χ3n) is 7.74. The first kappa shape index (κ1) is 40.7. The van der Waals surface area contributed by atoms with E-state index >= 15 is 0 Å². The highest BCUT2D eigenvalue weighted by Crippen LogP contribution is 2.20. The van der Waals surface area contributed by atoms with Crippen LogP contribution in [-0.4, -0.2) is 96.8 Å². The van der Waals surface area contributed by atoms with Gasteiger partial charge in [-0.25, -0.2) is 4.79 Å². The predicted molar refractivity (Wildman–Crippen MR) is 180 cm³/mol. The second-order valence-electron chi connectivity index (χ2n) is 11.8. The van der Waals surface area contributed by atoms with Crippen molar-refractivity contribution >= 4 is 5.97 Å². The van der Waals surface area contributed by atoms with Crippen LogP contribution in [-0.2, 0) is 44.4 Å². The molecule has 0 aromatic heterocycles. The van der Waals surface area contributed by atoms with E-state index in [1.807, 2.05) is 25.1 Å². The first-order valence-electron chi connectivity index (χ1n) is 17.0. The van der Waals surface area contributed by atoms with Crippen LogP contribution in [0.1, 0.15) is 83.1 Å². The SMILES string of the molecule is COCO[C@@H](CC#CCC(O)CCCCCCCC1=C[C@H](C)OC1=O)COCCOC[C@H](CCCc1ccc(OC)cc1)OCOC. The van der Waals surface area contributed by atoms with Crippen LogP contribution in [0.15, 0.2) is 35.9 Å². The standard InChI is InChI=1S/C37H58O10/c1-30-25-32(37(39)47-30)14-8-6-5-7-9-15-33(38)16-10-11-17-35(45-28-40-2)26-43-23-24-44-27-36(46-29-41-3)18-12-13-31-19-21-34(42-4)22-20-31/h19-22,25,30,33,35-36,38H,5-9,12-18,23-24,26-29H2,1-4H3/t30-,33?,35-,36-/m0/s1. The summed E-state index contributed by atoms with van der Waals surface area (Å²) in [6.45, 7) is 3.95. The molecule has 1 aromatic rings. The number of aliphatic hydroxyl groups excluding tert-OH is 1. The van der Waals surface area contributed by atoms with Gasteiger partial charge in [0.2, 0.25) is 0 Å². The van der Waals surface area contributed by atoms with Crippen molar-refractivity contribution in [3.05, 3.63) is 41.5 Å². The van der Waals surface area contributed by atoms with E-state index in [4.69, 9.17) is 37.9 Å². The normalized spacial score (nSPS) is 16.2. The zero-order valence-corrected chi connectivity index (χ0v) is 29.0. The molecular weight excluding hydrogens is 604 g/mol. The molecule has 0 spiro atoms. The number of ether oxygens (including phenoxy) is 8. The average Bonchev–Trinajstić information content (AvgIpc) is 3.40. The molecule has 266 valence electrons. The topological polar surface area (TPSA) is 111 Å². The molecule has 1 aliphatic heterocycles. The van der Waals surface area contributed by atoms with Gasteiger partial charge < -0.3 is 43.0 Å². The van der Waals surface area contributed by atoms with Crippen LogP contribution in [0.3, 0.4) is 0 Å².